The van der Waals surface area contributed by atoms with Gasteiger partial charge in [-0.2, -0.15) is 5.10 Å². The second kappa shape index (κ2) is 6.37. The molecule has 1 atom stereocenters. The zero-order chi connectivity index (χ0) is 14.6. The summed E-state index contributed by atoms with van der Waals surface area (Å²) in [5.41, 5.74) is 1.36. The van der Waals surface area contributed by atoms with Gasteiger partial charge in [0, 0.05) is 18.9 Å². The maximum Gasteiger partial charge on any atom is 0.0731 e. The van der Waals surface area contributed by atoms with Gasteiger partial charge in [-0.3, -0.25) is 4.68 Å². The van der Waals surface area contributed by atoms with Crippen molar-refractivity contribution in [3.05, 3.63) is 30.0 Å². The fraction of sp³-hybridized carbons (Fsp3) is 0.562. The fourth-order valence-corrected chi connectivity index (χ4v) is 2.53. The van der Waals surface area contributed by atoms with E-state index >= 15 is 0 Å². The third-order valence-electron chi connectivity index (χ3n) is 3.65. The second-order valence-corrected chi connectivity index (χ2v) is 5.76. The maximum absolute atomic E-state index is 10.5. The summed E-state index contributed by atoms with van der Waals surface area (Å²) in [6, 6.07) is 8.16. The van der Waals surface area contributed by atoms with Gasteiger partial charge < -0.3 is 10.4 Å². The molecule has 1 aromatic carbocycles. The quantitative estimate of drug-likeness (QED) is 0.762. The third-order valence-corrected chi connectivity index (χ3v) is 3.65. The smallest absolute Gasteiger partial charge is 0.0731 e. The summed E-state index contributed by atoms with van der Waals surface area (Å²) in [4.78, 5) is 0. The van der Waals surface area contributed by atoms with Gasteiger partial charge in [0.1, 0.15) is 0 Å². The Balaban J connectivity index is 2.07. The lowest BCUT2D eigenvalue weighted by molar-refractivity contribution is 0.0508. The Kier molecular flexibility index (Phi) is 4.78. The SMILES string of the molecule is CCCNCCC(C)(O)Cc1nn(C)c2ccccc12. The van der Waals surface area contributed by atoms with E-state index in [0.29, 0.717) is 6.42 Å². The van der Waals surface area contributed by atoms with Gasteiger partial charge in [-0.1, -0.05) is 25.1 Å². The summed E-state index contributed by atoms with van der Waals surface area (Å²) < 4.78 is 1.88. The summed E-state index contributed by atoms with van der Waals surface area (Å²) in [6.45, 7) is 5.88. The number of fused-ring (bicyclic) bond motifs is 1. The van der Waals surface area contributed by atoms with Gasteiger partial charge in [0.2, 0.25) is 0 Å². The van der Waals surface area contributed by atoms with Gasteiger partial charge in [0.15, 0.2) is 0 Å². The number of rotatable bonds is 7. The van der Waals surface area contributed by atoms with Crippen molar-refractivity contribution in [1.82, 2.24) is 15.1 Å². The highest BCUT2D eigenvalue weighted by atomic mass is 16.3. The number of para-hydroxylation sites is 1. The molecule has 0 spiro atoms. The first-order valence-corrected chi connectivity index (χ1v) is 7.37. The number of hydrogen-bond donors (Lipinski definition) is 2. The van der Waals surface area contributed by atoms with E-state index < -0.39 is 5.60 Å². The van der Waals surface area contributed by atoms with E-state index in [-0.39, 0.29) is 0 Å². The molecule has 0 saturated carbocycles. The van der Waals surface area contributed by atoms with Crippen molar-refractivity contribution in [1.29, 1.82) is 0 Å². The Bertz CT molecular complexity index is 560. The van der Waals surface area contributed by atoms with Crippen molar-refractivity contribution < 1.29 is 5.11 Å². The molecule has 0 fully saturated rings. The number of benzene rings is 1. The molecule has 4 nitrogen and oxygen atoms in total. The summed E-state index contributed by atoms with van der Waals surface area (Å²) in [6.07, 6.45) is 2.44. The zero-order valence-corrected chi connectivity index (χ0v) is 12.7. The van der Waals surface area contributed by atoms with Crippen LogP contribution in [0.3, 0.4) is 0 Å². The van der Waals surface area contributed by atoms with Crippen LogP contribution in [0.25, 0.3) is 10.9 Å². The number of nitrogens with zero attached hydrogens (tertiary/aromatic N) is 2. The maximum atomic E-state index is 10.5. The number of aliphatic hydroxyl groups is 1. The highest BCUT2D eigenvalue weighted by Gasteiger charge is 2.23. The lowest BCUT2D eigenvalue weighted by atomic mass is 9.95. The van der Waals surface area contributed by atoms with Crippen LogP contribution < -0.4 is 5.32 Å². The minimum absolute atomic E-state index is 0.585. The van der Waals surface area contributed by atoms with E-state index in [0.717, 1.165) is 42.5 Å². The van der Waals surface area contributed by atoms with Gasteiger partial charge in [-0.25, -0.2) is 0 Å². The van der Waals surface area contributed by atoms with Crippen LogP contribution >= 0.6 is 0 Å². The van der Waals surface area contributed by atoms with Crippen LogP contribution in [0.1, 0.15) is 32.4 Å². The monoisotopic (exact) mass is 275 g/mol. The Morgan fingerprint density at radius 1 is 1.30 bits per heavy atom. The molecule has 2 rings (SSSR count). The van der Waals surface area contributed by atoms with E-state index in [4.69, 9.17) is 0 Å². The molecule has 0 saturated heterocycles. The van der Waals surface area contributed by atoms with Crippen LogP contribution in [-0.4, -0.2) is 33.6 Å². The Labute approximate surface area is 120 Å². The molecule has 1 unspecified atom stereocenters. The third kappa shape index (κ3) is 3.58. The number of hydrogen-bond acceptors (Lipinski definition) is 3. The van der Waals surface area contributed by atoms with E-state index in [9.17, 15) is 5.11 Å². The first kappa shape index (κ1) is 15.0. The summed E-state index contributed by atoms with van der Waals surface area (Å²) in [5, 5.41) is 19.6. The summed E-state index contributed by atoms with van der Waals surface area (Å²) >= 11 is 0. The molecule has 110 valence electrons. The largest absolute Gasteiger partial charge is 0.390 e. The van der Waals surface area contributed by atoms with E-state index in [1.807, 2.05) is 30.8 Å². The summed E-state index contributed by atoms with van der Waals surface area (Å²) in [5.74, 6) is 0. The minimum atomic E-state index is -0.724. The van der Waals surface area contributed by atoms with Crippen molar-refractivity contribution in [3.8, 4) is 0 Å². The van der Waals surface area contributed by atoms with Crippen molar-refractivity contribution in [2.45, 2.75) is 38.7 Å². The zero-order valence-electron chi connectivity index (χ0n) is 12.7. The van der Waals surface area contributed by atoms with Crippen LogP contribution in [0.15, 0.2) is 24.3 Å². The lowest BCUT2D eigenvalue weighted by Gasteiger charge is -2.22. The number of nitrogens with one attached hydrogen (secondary N) is 1. The molecule has 0 aliphatic rings. The molecule has 1 aromatic heterocycles. The van der Waals surface area contributed by atoms with E-state index in [1.165, 1.54) is 0 Å². The highest BCUT2D eigenvalue weighted by Crippen LogP contribution is 2.23. The van der Waals surface area contributed by atoms with Crippen molar-refractivity contribution >= 4 is 10.9 Å². The predicted octanol–water partition coefficient (Wildman–Crippen LogP) is 2.26. The van der Waals surface area contributed by atoms with Crippen molar-refractivity contribution in [2.75, 3.05) is 13.1 Å². The number of aryl methyl sites for hydroxylation is 1. The Morgan fingerprint density at radius 3 is 2.80 bits per heavy atom. The molecule has 0 aliphatic carbocycles. The first-order chi connectivity index (χ1) is 9.53. The van der Waals surface area contributed by atoms with Gasteiger partial charge in [0.05, 0.1) is 16.8 Å². The molecular weight excluding hydrogens is 250 g/mol. The molecular formula is C16H25N3O. The van der Waals surface area contributed by atoms with E-state index in [2.05, 4.69) is 29.5 Å². The van der Waals surface area contributed by atoms with Crippen LogP contribution in [0.2, 0.25) is 0 Å². The molecule has 0 radical (unpaired) electrons. The van der Waals surface area contributed by atoms with Crippen LogP contribution in [0.4, 0.5) is 0 Å². The van der Waals surface area contributed by atoms with Crippen molar-refractivity contribution in [2.24, 2.45) is 7.05 Å². The average Bonchev–Trinajstić information content (AvgIpc) is 2.72. The normalized spacial score (nSPS) is 14.6. The standard InChI is InChI=1S/C16H25N3O/c1-4-10-17-11-9-16(2,20)12-14-13-7-5-6-8-15(13)19(3)18-14/h5-8,17,20H,4,9-12H2,1-3H3. The molecule has 0 amide bonds. The fourth-order valence-electron chi connectivity index (χ4n) is 2.53. The van der Waals surface area contributed by atoms with E-state index in [1.54, 1.807) is 0 Å². The summed E-state index contributed by atoms with van der Waals surface area (Å²) in [7, 11) is 1.95. The van der Waals surface area contributed by atoms with Gasteiger partial charge >= 0.3 is 0 Å². The lowest BCUT2D eigenvalue weighted by Crippen LogP contribution is -2.32. The Hall–Kier alpha value is -1.39. The molecule has 2 aromatic rings. The molecule has 2 N–H and O–H groups in total. The Morgan fingerprint density at radius 2 is 2.05 bits per heavy atom. The highest BCUT2D eigenvalue weighted by molar-refractivity contribution is 5.81. The molecule has 20 heavy (non-hydrogen) atoms. The molecule has 1 heterocycles. The van der Waals surface area contributed by atoms with Gasteiger partial charge in [-0.15, -0.1) is 0 Å². The first-order valence-electron chi connectivity index (χ1n) is 7.37. The van der Waals surface area contributed by atoms with Crippen molar-refractivity contribution in [3.63, 3.8) is 0 Å². The van der Waals surface area contributed by atoms with Crippen LogP contribution in [0, 0.1) is 0 Å². The molecule has 0 bridgehead atoms. The van der Waals surface area contributed by atoms with Crippen LogP contribution in [0.5, 0.6) is 0 Å². The number of aromatic nitrogens is 2. The van der Waals surface area contributed by atoms with Gasteiger partial charge in [0.25, 0.3) is 0 Å². The predicted molar refractivity (Wildman–Crippen MR) is 82.8 cm³/mol. The average molecular weight is 275 g/mol. The topological polar surface area (TPSA) is 50.1 Å². The molecule has 4 heteroatoms. The van der Waals surface area contributed by atoms with Gasteiger partial charge in [-0.05, 0) is 38.9 Å². The minimum Gasteiger partial charge on any atom is -0.390 e. The van der Waals surface area contributed by atoms with Crippen LogP contribution in [-0.2, 0) is 13.5 Å². The second-order valence-electron chi connectivity index (χ2n) is 5.76. The molecule has 0 aliphatic heterocycles.